The van der Waals surface area contributed by atoms with Crippen molar-refractivity contribution in [1.82, 2.24) is 9.97 Å². The van der Waals surface area contributed by atoms with E-state index in [1.807, 2.05) is 19.1 Å². The third kappa shape index (κ3) is 2.43. The van der Waals surface area contributed by atoms with Gasteiger partial charge in [0.25, 0.3) is 0 Å². The highest BCUT2D eigenvalue weighted by atomic mass is 35.5. The van der Waals surface area contributed by atoms with E-state index in [1.54, 1.807) is 19.2 Å². The monoisotopic (exact) mass is 302 g/mol. The van der Waals surface area contributed by atoms with Gasteiger partial charge in [-0.1, -0.05) is 29.8 Å². The van der Waals surface area contributed by atoms with Crippen molar-refractivity contribution in [1.29, 1.82) is 0 Å². The smallest absolute Gasteiger partial charge is 0.161 e. The number of hydrogen-bond acceptors (Lipinski definition) is 3. The summed E-state index contributed by atoms with van der Waals surface area (Å²) in [4.78, 5) is 8.77. The summed E-state index contributed by atoms with van der Waals surface area (Å²) in [7, 11) is 1.57. The Kier molecular flexibility index (Phi) is 3.47. The van der Waals surface area contributed by atoms with Gasteiger partial charge in [0.15, 0.2) is 5.82 Å². The molecule has 0 unspecified atom stereocenters. The molecule has 3 aromatic rings. The minimum Gasteiger partial charge on any atom is -0.494 e. The Morgan fingerprint density at radius 1 is 1.14 bits per heavy atom. The normalized spacial score (nSPS) is 10.9. The van der Waals surface area contributed by atoms with Gasteiger partial charge < -0.3 is 4.74 Å². The molecule has 21 heavy (non-hydrogen) atoms. The Morgan fingerprint density at radius 3 is 2.67 bits per heavy atom. The van der Waals surface area contributed by atoms with Crippen LogP contribution in [0.15, 0.2) is 36.4 Å². The predicted octanol–water partition coefficient (Wildman–Crippen LogP) is 4.41. The number of halogens is 2. The molecule has 0 spiro atoms. The first-order valence-corrected chi connectivity index (χ1v) is 6.74. The average Bonchev–Trinajstić information content (AvgIpc) is 2.47. The molecule has 106 valence electrons. The Labute approximate surface area is 126 Å². The maximum atomic E-state index is 13.4. The molecule has 0 aliphatic heterocycles. The van der Waals surface area contributed by atoms with Crippen molar-refractivity contribution in [2.75, 3.05) is 7.11 Å². The average molecular weight is 303 g/mol. The van der Waals surface area contributed by atoms with Gasteiger partial charge in [-0.2, -0.15) is 0 Å². The predicted molar refractivity (Wildman–Crippen MR) is 81.2 cm³/mol. The van der Waals surface area contributed by atoms with E-state index in [2.05, 4.69) is 9.97 Å². The van der Waals surface area contributed by atoms with Crippen LogP contribution in [0.5, 0.6) is 5.75 Å². The third-order valence-corrected chi connectivity index (χ3v) is 3.55. The lowest BCUT2D eigenvalue weighted by atomic mass is 10.1. The molecule has 3 rings (SSSR count). The molecule has 0 N–H and O–H groups in total. The quantitative estimate of drug-likeness (QED) is 0.658. The van der Waals surface area contributed by atoms with E-state index < -0.39 is 0 Å². The number of hydrogen-bond donors (Lipinski definition) is 0. The first-order valence-electron chi connectivity index (χ1n) is 6.37. The van der Waals surface area contributed by atoms with Crippen molar-refractivity contribution in [2.45, 2.75) is 6.92 Å². The highest BCUT2D eigenvalue weighted by Crippen LogP contribution is 2.32. The van der Waals surface area contributed by atoms with Crippen molar-refractivity contribution in [3.8, 4) is 17.1 Å². The molecule has 3 nitrogen and oxygen atoms in total. The number of nitrogens with zero attached hydrogens (tertiary/aromatic N) is 2. The van der Waals surface area contributed by atoms with Crippen LogP contribution in [0.2, 0.25) is 5.15 Å². The number of aromatic nitrogens is 2. The summed E-state index contributed by atoms with van der Waals surface area (Å²) >= 11 is 6.29. The molecule has 0 amide bonds. The number of methoxy groups -OCH3 is 1. The fourth-order valence-electron chi connectivity index (χ4n) is 2.25. The first kappa shape index (κ1) is 13.8. The molecule has 0 saturated carbocycles. The molecule has 1 aromatic heterocycles. The molecule has 0 aliphatic carbocycles. The van der Waals surface area contributed by atoms with Crippen molar-refractivity contribution >= 4 is 22.5 Å². The van der Waals surface area contributed by atoms with E-state index in [0.717, 1.165) is 10.9 Å². The topological polar surface area (TPSA) is 35.0 Å². The highest BCUT2D eigenvalue weighted by molar-refractivity contribution is 6.34. The minimum absolute atomic E-state index is 0.329. The lowest BCUT2D eigenvalue weighted by molar-refractivity contribution is 0.419. The second-order valence-electron chi connectivity index (χ2n) is 4.66. The van der Waals surface area contributed by atoms with Gasteiger partial charge in [-0.05, 0) is 30.7 Å². The maximum Gasteiger partial charge on any atom is 0.161 e. The molecule has 0 fully saturated rings. The van der Waals surface area contributed by atoms with Crippen molar-refractivity contribution in [3.63, 3.8) is 0 Å². The van der Waals surface area contributed by atoms with Crippen LogP contribution < -0.4 is 4.74 Å². The second-order valence-corrected chi connectivity index (χ2v) is 5.01. The Bertz CT molecular complexity index is 836. The molecule has 0 bridgehead atoms. The van der Waals surface area contributed by atoms with Gasteiger partial charge in [0.1, 0.15) is 22.2 Å². The van der Waals surface area contributed by atoms with Crippen LogP contribution in [0.4, 0.5) is 4.39 Å². The highest BCUT2D eigenvalue weighted by Gasteiger charge is 2.14. The van der Waals surface area contributed by atoms with Crippen LogP contribution >= 0.6 is 11.6 Å². The standard InChI is InChI=1S/C16H12ClFN2O/c1-9-6-7-12(21-2)14-13(9)15(17)20-16(19-14)10-4-3-5-11(18)8-10/h3-8H,1-2H3. The van der Waals surface area contributed by atoms with Crippen molar-refractivity contribution in [3.05, 3.63) is 52.9 Å². The summed E-state index contributed by atoms with van der Waals surface area (Å²) in [5, 5.41) is 1.08. The molecule has 0 atom stereocenters. The maximum absolute atomic E-state index is 13.4. The van der Waals surface area contributed by atoms with Gasteiger partial charge in [-0.25, -0.2) is 14.4 Å². The fourth-order valence-corrected chi connectivity index (χ4v) is 2.56. The zero-order valence-corrected chi connectivity index (χ0v) is 12.3. The van der Waals surface area contributed by atoms with E-state index in [9.17, 15) is 4.39 Å². The van der Waals surface area contributed by atoms with E-state index in [0.29, 0.717) is 27.8 Å². The summed E-state index contributed by atoms with van der Waals surface area (Å²) in [5.74, 6) is 0.636. The molecule has 0 saturated heterocycles. The molecular formula is C16H12ClFN2O. The number of rotatable bonds is 2. The Hall–Kier alpha value is -2.20. The van der Waals surface area contributed by atoms with Crippen molar-refractivity contribution in [2.24, 2.45) is 0 Å². The molecular weight excluding hydrogens is 291 g/mol. The zero-order chi connectivity index (χ0) is 15.0. The van der Waals surface area contributed by atoms with Gasteiger partial charge in [0.2, 0.25) is 0 Å². The van der Waals surface area contributed by atoms with Crippen LogP contribution in [-0.4, -0.2) is 17.1 Å². The summed E-state index contributed by atoms with van der Waals surface area (Å²) in [6.07, 6.45) is 0. The number of ether oxygens (including phenoxy) is 1. The van der Waals surface area contributed by atoms with E-state index in [4.69, 9.17) is 16.3 Å². The zero-order valence-electron chi connectivity index (χ0n) is 11.5. The Balaban J connectivity index is 2.32. The van der Waals surface area contributed by atoms with E-state index in [1.165, 1.54) is 12.1 Å². The number of fused-ring (bicyclic) bond motifs is 1. The molecule has 0 radical (unpaired) electrons. The van der Waals surface area contributed by atoms with Crippen LogP contribution in [0.3, 0.4) is 0 Å². The summed E-state index contributed by atoms with van der Waals surface area (Å²) in [5.41, 5.74) is 2.15. The SMILES string of the molecule is COc1ccc(C)c2c(Cl)nc(-c3cccc(F)c3)nc12. The van der Waals surface area contributed by atoms with E-state index >= 15 is 0 Å². The van der Waals surface area contributed by atoms with Gasteiger partial charge >= 0.3 is 0 Å². The Morgan fingerprint density at radius 2 is 1.95 bits per heavy atom. The molecule has 0 aliphatic rings. The lowest BCUT2D eigenvalue weighted by Crippen LogP contribution is -1.96. The van der Waals surface area contributed by atoms with Gasteiger partial charge in [-0.3, -0.25) is 0 Å². The molecule has 1 heterocycles. The van der Waals surface area contributed by atoms with Crippen LogP contribution in [0, 0.1) is 12.7 Å². The van der Waals surface area contributed by atoms with Crippen LogP contribution in [0.25, 0.3) is 22.3 Å². The van der Waals surface area contributed by atoms with Crippen LogP contribution in [-0.2, 0) is 0 Å². The number of aryl methyl sites for hydroxylation is 1. The van der Waals surface area contributed by atoms with E-state index in [-0.39, 0.29) is 5.82 Å². The van der Waals surface area contributed by atoms with Gasteiger partial charge in [-0.15, -0.1) is 0 Å². The summed E-state index contributed by atoms with van der Waals surface area (Å²) in [6.45, 7) is 1.93. The fraction of sp³-hybridized carbons (Fsp3) is 0.125. The summed E-state index contributed by atoms with van der Waals surface area (Å²) in [6, 6.07) is 9.83. The summed E-state index contributed by atoms with van der Waals surface area (Å²) < 4.78 is 18.7. The second kappa shape index (κ2) is 5.30. The number of benzene rings is 2. The third-order valence-electron chi connectivity index (χ3n) is 3.28. The molecule has 2 aromatic carbocycles. The van der Waals surface area contributed by atoms with Crippen molar-refractivity contribution < 1.29 is 9.13 Å². The molecule has 5 heteroatoms. The van der Waals surface area contributed by atoms with Gasteiger partial charge in [0, 0.05) is 10.9 Å². The van der Waals surface area contributed by atoms with Gasteiger partial charge in [0.05, 0.1) is 7.11 Å². The van der Waals surface area contributed by atoms with Crippen LogP contribution in [0.1, 0.15) is 5.56 Å². The lowest BCUT2D eigenvalue weighted by Gasteiger charge is -2.10. The largest absolute Gasteiger partial charge is 0.494 e. The first-order chi connectivity index (χ1) is 10.1. The minimum atomic E-state index is -0.344.